The van der Waals surface area contributed by atoms with Gasteiger partial charge in [-0.2, -0.15) is 0 Å². The van der Waals surface area contributed by atoms with Gasteiger partial charge in [0, 0.05) is 6.04 Å². The van der Waals surface area contributed by atoms with Crippen molar-refractivity contribution in [1.29, 1.82) is 0 Å². The number of carboxylic acids is 2. The van der Waals surface area contributed by atoms with Crippen molar-refractivity contribution in [3.05, 3.63) is 0 Å². The van der Waals surface area contributed by atoms with E-state index in [0.717, 1.165) is 44.9 Å². The van der Waals surface area contributed by atoms with Crippen LogP contribution in [0.1, 0.15) is 70.6 Å². The van der Waals surface area contributed by atoms with E-state index in [2.05, 4.69) is 0 Å². The summed E-state index contributed by atoms with van der Waals surface area (Å²) < 4.78 is 0. The first kappa shape index (κ1) is 16.3. The van der Waals surface area contributed by atoms with Crippen LogP contribution in [-0.4, -0.2) is 28.2 Å². The second-order valence-electron chi connectivity index (χ2n) is 6.78. The van der Waals surface area contributed by atoms with E-state index in [4.69, 9.17) is 5.73 Å². The van der Waals surface area contributed by atoms with Crippen molar-refractivity contribution in [3.63, 3.8) is 0 Å². The summed E-state index contributed by atoms with van der Waals surface area (Å²) in [4.78, 5) is 24.4. The van der Waals surface area contributed by atoms with Gasteiger partial charge < -0.3 is 15.9 Å². The van der Waals surface area contributed by atoms with Crippen molar-refractivity contribution in [2.75, 3.05) is 0 Å². The van der Waals surface area contributed by atoms with Gasteiger partial charge in [-0.15, -0.1) is 0 Å². The molecule has 2 rings (SSSR count). The SMILES string of the molecule is NC1CCCCCC1(C(=O)O)C1(C(=O)O)CCCCCC1. The lowest BCUT2D eigenvalue weighted by molar-refractivity contribution is -0.180. The fourth-order valence-corrected chi connectivity index (χ4v) is 4.62. The van der Waals surface area contributed by atoms with Crippen LogP contribution in [0.4, 0.5) is 0 Å². The summed E-state index contributed by atoms with van der Waals surface area (Å²) in [6, 6.07) is -0.563. The van der Waals surface area contributed by atoms with Crippen LogP contribution >= 0.6 is 0 Å². The highest BCUT2D eigenvalue weighted by Gasteiger charge is 2.63. The molecule has 0 aromatic heterocycles. The summed E-state index contributed by atoms with van der Waals surface area (Å²) in [5, 5.41) is 20.0. The Morgan fingerprint density at radius 2 is 1.33 bits per heavy atom. The summed E-state index contributed by atoms with van der Waals surface area (Å²) in [6.45, 7) is 0. The molecule has 0 heterocycles. The molecule has 4 N–H and O–H groups in total. The lowest BCUT2D eigenvalue weighted by Gasteiger charge is -2.47. The van der Waals surface area contributed by atoms with Gasteiger partial charge in [-0.1, -0.05) is 44.9 Å². The highest BCUT2D eigenvalue weighted by Crippen LogP contribution is 2.55. The number of hydrogen-bond donors (Lipinski definition) is 3. The Labute approximate surface area is 125 Å². The van der Waals surface area contributed by atoms with Crippen LogP contribution in [0.5, 0.6) is 0 Å². The monoisotopic (exact) mass is 297 g/mol. The molecule has 2 aliphatic rings. The molecule has 2 unspecified atom stereocenters. The zero-order chi connectivity index (χ0) is 15.5. The number of carbonyl (C=O) groups is 2. The van der Waals surface area contributed by atoms with E-state index >= 15 is 0 Å². The lowest BCUT2D eigenvalue weighted by Crippen LogP contribution is -2.61. The summed E-state index contributed by atoms with van der Waals surface area (Å²) >= 11 is 0. The molecule has 0 spiro atoms. The average molecular weight is 297 g/mol. The second kappa shape index (κ2) is 6.34. The predicted molar refractivity (Wildman–Crippen MR) is 78.9 cm³/mol. The minimum absolute atomic E-state index is 0.399. The van der Waals surface area contributed by atoms with Gasteiger partial charge >= 0.3 is 11.9 Å². The quantitative estimate of drug-likeness (QED) is 0.695. The Morgan fingerprint density at radius 1 is 0.810 bits per heavy atom. The van der Waals surface area contributed by atoms with Gasteiger partial charge in [0.1, 0.15) is 0 Å². The third-order valence-corrected chi connectivity index (χ3v) is 5.82. The first-order valence-corrected chi connectivity index (χ1v) is 8.20. The molecule has 2 fully saturated rings. The predicted octanol–water partition coefficient (Wildman–Crippen LogP) is 2.77. The van der Waals surface area contributed by atoms with Crippen molar-refractivity contribution in [2.24, 2.45) is 16.6 Å². The van der Waals surface area contributed by atoms with E-state index in [-0.39, 0.29) is 0 Å². The van der Waals surface area contributed by atoms with Crippen LogP contribution in [0.25, 0.3) is 0 Å². The molecule has 2 saturated carbocycles. The molecule has 0 aliphatic heterocycles. The Bertz CT molecular complexity index is 401. The molecule has 0 amide bonds. The maximum absolute atomic E-state index is 12.2. The van der Waals surface area contributed by atoms with Gasteiger partial charge in [-0.3, -0.25) is 9.59 Å². The standard InChI is InChI=1S/C16H27NO4/c17-12-8-4-3-7-11-16(12,14(20)21)15(13(18)19)9-5-1-2-6-10-15/h12H,1-11,17H2,(H,18,19)(H,20,21). The van der Waals surface area contributed by atoms with Gasteiger partial charge in [-0.05, 0) is 25.7 Å². The Balaban J connectivity index is 2.54. The van der Waals surface area contributed by atoms with Gasteiger partial charge in [0.2, 0.25) is 0 Å². The average Bonchev–Trinajstić information content (AvgIpc) is 2.78. The molecule has 21 heavy (non-hydrogen) atoms. The number of carboxylic acid groups (broad SMARTS) is 2. The van der Waals surface area contributed by atoms with Gasteiger partial charge in [0.15, 0.2) is 0 Å². The smallest absolute Gasteiger partial charge is 0.312 e. The molecule has 5 nitrogen and oxygen atoms in total. The summed E-state index contributed by atoms with van der Waals surface area (Å²) in [5.41, 5.74) is 3.77. The van der Waals surface area contributed by atoms with Crippen LogP contribution in [0.2, 0.25) is 0 Å². The minimum atomic E-state index is -1.31. The number of rotatable bonds is 3. The van der Waals surface area contributed by atoms with Gasteiger partial charge in [0.25, 0.3) is 0 Å². The lowest BCUT2D eigenvalue weighted by atomic mass is 9.54. The Morgan fingerprint density at radius 3 is 1.86 bits per heavy atom. The maximum Gasteiger partial charge on any atom is 0.312 e. The molecule has 5 heteroatoms. The maximum atomic E-state index is 12.2. The van der Waals surface area contributed by atoms with Crippen molar-refractivity contribution < 1.29 is 19.8 Å². The van der Waals surface area contributed by atoms with E-state index in [0.29, 0.717) is 25.7 Å². The van der Waals surface area contributed by atoms with Gasteiger partial charge in [-0.25, -0.2) is 0 Å². The molecular formula is C16H27NO4. The van der Waals surface area contributed by atoms with Crippen LogP contribution in [0, 0.1) is 10.8 Å². The van der Waals surface area contributed by atoms with Crippen LogP contribution < -0.4 is 5.73 Å². The van der Waals surface area contributed by atoms with E-state index < -0.39 is 28.8 Å². The summed E-state index contributed by atoms with van der Waals surface area (Å²) in [7, 11) is 0. The third-order valence-electron chi connectivity index (χ3n) is 5.82. The summed E-state index contributed by atoms with van der Waals surface area (Å²) in [6.07, 6.45) is 8.04. The molecular weight excluding hydrogens is 270 g/mol. The van der Waals surface area contributed by atoms with Crippen LogP contribution in [0.3, 0.4) is 0 Å². The topological polar surface area (TPSA) is 101 Å². The van der Waals surface area contributed by atoms with Gasteiger partial charge in [0.05, 0.1) is 10.8 Å². The third kappa shape index (κ3) is 2.56. The number of nitrogens with two attached hydrogens (primary N) is 1. The molecule has 120 valence electrons. The van der Waals surface area contributed by atoms with Crippen molar-refractivity contribution >= 4 is 11.9 Å². The summed E-state index contributed by atoms with van der Waals surface area (Å²) in [5.74, 6) is -1.95. The van der Waals surface area contributed by atoms with E-state index in [1.807, 2.05) is 0 Å². The second-order valence-corrected chi connectivity index (χ2v) is 6.78. The van der Waals surface area contributed by atoms with Crippen molar-refractivity contribution in [1.82, 2.24) is 0 Å². The fraction of sp³-hybridized carbons (Fsp3) is 0.875. The van der Waals surface area contributed by atoms with Crippen molar-refractivity contribution in [2.45, 2.75) is 76.7 Å². The Kier molecular flexibility index (Phi) is 4.91. The molecule has 2 aliphatic carbocycles. The zero-order valence-corrected chi connectivity index (χ0v) is 12.6. The first-order valence-electron chi connectivity index (χ1n) is 8.20. The zero-order valence-electron chi connectivity index (χ0n) is 12.6. The molecule has 0 radical (unpaired) electrons. The Hall–Kier alpha value is -1.10. The fourth-order valence-electron chi connectivity index (χ4n) is 4.62. The highest BCUT2D eigenvalue weighted by atomic mass is 16.4. The van der Waals surface area contributed by atoms with Crippen LogP contribution in [0.15, 0.2) is 0 Å². The molecule has 0 bridgehead atoms. The first-order chi connectivity index (χ1) is 9.97. The largest absolute Gasteiger partial charge is 0.481 e. The van der Waals surface area contributed by atoms with E-state index in [1.54, 1.807) is 0 Å². The number of aliphatic carboxylic acids is 2. The molecule has 2 atom stereocenters. The van der Waals surface area contributed by atoms with Crippen molar-refractivity contribution in [3.8, 4) is 0 Å². The highest BCUT2D eigenvalue weighted by molar-refractivity contribution is 5.87. The van der Waals surface area contributed by atoms with Crippen LogP contribution in [-0.2, 0) is 9.59 Å². The molecule has 0 aromatic carbocycles. The molecule has 0 saturated heterocycles. The van der Waals surface area contributed by atoms with E-state index in [1.165, 1.54) is 0 Å². The normalized spacial score (nSPS) is 33.7. The number of hydrogen-bond acceptors (Lipinski definition) is 3. The van der Waals surface area contributed by atoms with E-state index in [9.17, 15) is 19.8 Å². The minimum Gasteiger partial charge on any atom is -0.481 e. The molecule has 0 aromatic rings.